The predicted molar refractivity (Wildman–Crippen MR) is 63.4 cm³/mol. The van der Waals surface area contributed by atoms with Crippen molar-refractivity contribution in [3.05, 3.63) is 23.5 Å². The molecule has 4 nitrogen and oxygen atoms in total. The Morgan fingerprint density at radius 1 is 1.56 bits per heavy atom. The number of esters is 1. The Bertz CT molecular complexity index is 380. The van der Waals surface area contributed by atoms with Gasteiger partial charge in [0.1, 0.15) is 5.69 Å². The maximum absolute atomic E-state index is 11.5. The number of aromatic nitrogens is 1. The van der Waals surface area contributed by atoms with Crippen molar-refractivity contribution < 1.29 is 9.53 Å². The van der Waals surface area contributed by atoms with Crippen LogP contribution in [0.1, 0.15) is 36.3 Å². The van der Waals surface area contributed by atoms with Gasteiger partial charge in [-0.1, -0.05) is 13.8 Å². The summed E-state index contributed by atoms with van der Waals surface area (Å²) >= 11 is 0. The largest absolute Gasteiger partial charge is 0.464 e. The summed E-state index contributed by atoms with van der Waals surface area (Å²) in [5, 5.41) is 0. The zero-order valence-electron chi connectivity index (χ0n) is 10.4. The van der Waals surface area contributed by atoms with Gasteiger partial charge in [-0.05, 0) is 30.0 Å². The summed E-state index contributed by atoms with van der Waals surface area (Å²) < 4.78 is 6.51. The standard InChI is InChI=1S/C12H20N2O2/c1-12(2,5-6-13)9-7-10(11(15)16-4)14(3)8-9/h7-8H,5-6,13H2,1-4H3. The number of carbonyl (C=O) groups is 1. The van der Waals surface area contributed by atoms with E-state index in [0.29, 0.717) is 12.2 Å². The Morgan fingerprint density at radius 2 is 2.19 bits per heavy atom. The van der Waals surface area contributed by atoms with Crippen LogP contribution < -0.4 is 5.73 Å². The zero-order chi connectivity index (χ0) is 12.3. The Kier molecular flexibility index (Phi) is 3.75. The Morgan fingerprint density at radius 3 is 2.69 bits per heavy atom. The third kappa shape index (κ3) is 2.44. The average Bonchev–Trinajstić information content (AvgIpc) is 2.60. The molecule has 4 heteroatoms. The summed E-state index contributed by atoms with van der Waals surface area (Å²) in [5.74, 6) is -0.308. The van der Waals surface area contributed by atoms with E-state index in [4.69, 9.17) is 10.5 Å². The molecular formula is C12H20N2O2. The summed E-state index contributed by atoms with van der Waals surface area (Å²) in [6.45, 7) is 4.88. The van der Waals surface area contributed by atoms with E-state index in [9.17, 15) is 4.79 Å². The maximum Gasteiger partial charge on any atom is 0.354 e. The molecule has 0 aliphatic carbocycles. The molecule has 0 amide bonds. The Hall–Kier alpha value is -1.29. The quantitative estimate of drug-likeness (QED) is 0.787. The van der Waals surface area contributed by atoms with Gasteiger partial charge in [0.15, 0.2) is 0 Å². The number of methoxy groups -OCH3 is 1. The summed E-state index contributed by atoms with van der Waals surface area (Å²) in [6, 6.07) is 1.88. The summed E-state index contributed by atoms with van der Waals surface area (Å²) in [7, 11) is 3.23. The molecule has 0 aliphatic heterocycles. The van der Waals surface area contributed by atoms with E-state index in [-0.39, 0.29) is 11.4 Å². The molecule has 1 aromatic rings. The van der Waals surface area contributed by atoms with E-state index in [0.717, 1.165) is 12.0 Å². The van der Waals surface area contributed by atoms with Crippen molar-refractivity contribution in [2.75, 3.05) is 13.7 Å². The summed E-state index contributed by atoms with van der Waals surface area (Å²) in [6.07, 6.45) is 2.85. The van der Waals surface area contributed by atoms with Gasteiger partial charge in [0.25, 0.3) is 0 Å². The highest BCUT2D eigenvalue weighted by Gasteiger charge is 2.23. The Balaban J connectivity index is 3.05. The number of nitrogens with two attached hydrogens (primary N) is 1. The number of ether oxygens (including phenoxy) is 1. The van der Waals surface area contributed by atoms with Gasteiger partial charge in [0, 0.05) is 13.2 Å². The first-order chi connectivity index (χ1) is 7.42. The molecule has 1 heterocycles. The van der Waals surface area contributed by atoms with Crippen molar-refractivity contribution in [1.29, 1.82) is 0 Å². The molecule has 0 spiro atoms. The topological polar surface area (TPSA) is 57.2 Å². The van der Waals surface area contributed by atoms with Crippen LogP contribution in [0.2, 0.25) is 0 Å². The zero-order valence-corrected chi connectivity index (χ0v) is 10.4. The molecule has 0 saturated heterocycles. The van der Waals surface area contributed by atoms with Gasteiger partial charge in [-0.25, -0.2) is 4.79 Å². The van der Waals surface area contributed by atoms with E-state index in [1.807, 2.05) is 19.3 Å². The molecule has 0 unspecified atom stereocenters. The lowest BCUT2D eigenvalue weighted by Gasteiger charge is -2.22. The van der Waals surface area contributed by atoms with Gasteiger partial charge in [-0.15, -0.1) is 0 Å². The highest BCUT2D eigenvalue weighted by molar-refractivity contribution is 5.88. The van der Waals surface area contributed by atoms with Gasteiger partial charge in [-0.3, -0.25) is 0 Å². The van der Waals surface area contributed by atoms with Crippen LogP contribution in [0.15, 0.2) is 12.3 Å². The minimum absolute atomic E-state index is 0.0151. The number of rotatable bonds is 4. The van der Waals surface area contributed by atoms with E-state index in [1.165, 1.54) is 7.11 Å². The van der Waals surface area contributed by atoms with Gasteiger partial charge < -0.3 is 15.0 Å². The molecule has 0 radical (unpaired) electrons. The number of hydrogen-bond donors (Lipinski definition) is 1. The third-order valence-corrected chi connectivity index (χ3v) is 2.95. The SMILES string of the molecule is COC(=O)c1cc(C(C)(C)CCN)cn1C. The Labute approximate surface area is 96.4 Å². The minimum atomic E-state index is -0.308. The van der Waals surface area contributed by atoms with Crippen LogP contribution in [-0.4, -0.2) is 24.2 Å². The lowest BCUT2D eigenvalue weighted by Crippen LogP contribution is -2.21. The number of nitrogens with zero attached hydrogens (tertiary/aromatic N) is 1. The molecule has 16 heavy (non-hydrogen) atoms. The van der Waals surface area contributed by atoms with Gasteiger partial charge in [0.05, 0.1) is 7.11 Å². The molecule has 1 aromatic heterocycles. The van der Waals surface area contributed by atoms with Crippen LogP contribution in [0, 0.1) is 0 Å². The molecule has 0 aliphatic rings. The smallest absolute Gasteiger partial charge is 0.354 e. The molecule has 0 atom stereocenters. The molecule has 1 rings (SSSR count). The second kappa shape index (κ2) is 4.70. The monoisotopic (exact) mass is 224 g/mol. The van der Waals surface area contributed by atoms with Crippen molar-refractivity contribution >= 4 is 5.97 Å². The van der Waals surface area contributed by atoms with Crippen LogP contribution in [-0.2, 0) is 17.2 Å². The van der Waals surface area contributed by atoms with E-state index < -0.39 is 0 Å². The fourth-order valence-electron chi connectivity index (χ4n) is 1.75. The predicted octanol–water partition coefficient (Wildman–Crippen LogP) is 1.44. The van der Waals surface area contributed by atoms with Crippen LogP contribution in [0.3, 0.4) is 0 Å². The normalized spacial score (nSPS) is 11.6. The third-order valence-electron chi connectivity index (χ3n) is 2.95. The lowest BCUT2D eigenvalue weighted by atomic mass is 9.83. The van der Waals surface area contributed by atoms with Crippen molar-refractivity contribution in [3.8, 4) is 0 Å². The first-order valence-electron chi connectivity index (χ1n) is 5.37. The molecule has 0 fully saturated rings. The van der Waals surface area contributed by atoms with Gasteiger partial charge in [0.2, 0.25) is 0 Å². The summed E-state index contributed by atoms with van der Waals surface area (Å²) in [5.41, 5.74) is 7.25. The fourth-order valence-corrected chi connectivity index (χ4v) is 1.75. The highest BCUT2D eigenvalue weighted by Crippen LogP contribution is 2.28. The molecule has 0 saturated carbocycles. The van der Waals surface area contributed by atoms with Crippen LogP contribution in [0.25, 0.3) is 0 Å². The van der Waals surface area contributed by atoms with Crippen LogP contribution in [0.4, 0.5) is 0 Å². The second-order valence-electron chi connectivity index (χ2n) is 4.64. The van der Waals surface area contributed by atoms with Gasteiger partial charge in [-0.2, -0.15) is 0 Å². The molecule has 0 aromatic carbocycles. The lowest BCUT2D eigenvalue weighted by molar-refractivity contribution is 0.0590. The van der Waals surface area contributed by atoms with E-state index in [1.54, 1.807) is 4.57 Å². The number of aryl methyl sites for hydroxylation is 1. The van der Waals surface area contributed by atoms with Crippen molar-refractivity contribution in [3.63, 3.8) is 0 Å². The van der Waals surface area contributed by atoms with Crippen LogP contribution >= 0.6 is 0 Å². The fraction of sp³-hybridized carbons (Fsp3) is 0.583. The van der Waals surface area contributed by atoms with Crippen molar-refractivity contribution in [2.45, 2.75) is 25.7 Å². The first kappa shape index (κ1) is 12.8. The molecular weight excluding hydrogens is 204 g/mol. The van der Waals surface area contributed by atoms with E-state index in [2.05, 4.69) is 13.8 Å². The average molecular weight is 224 g/mol. The number of carbonyl (C=O) groups excluding carboxylic acids is 1. The molecule has 90 valence electrons. The second-order valence-corrected chi connectivity index (χ2v) is 4.64. The highest BCUT2D eigenvalue weighted by atomic mass is 16.5. The molecule has 2 N–H and O–H groups in total. The van der Waals surface area contributed by atoms with Crippen molar-refractivity contribution in [2.24, 2.45) is 12.8 Å². The van der Waals surface area contributed by atoms with E-state index >= 15 is 0 Å². The van der Waals surface area contributed by atoms with Crippen LogP contribution in [0.5, 0.6) is 0 Å². The summed E-state index contributed by atoms with van der Waals surface area (Å²) in [4.78, 5) is 11.5. The van der Waals surface area contributed by atoms with Crippen molar-refractivity contribution in [1.82, 2.24) is 4.57 Å². The first-order valence-corrected chi connectivity index (χ1v) is 5.37. The number of hydrogen-bond acceptors (Lipinski definition) is 3. The molecule has 0 bridgehead atoms. The maximum atomic E-state index is 11.5. The minimum Gasteiger partial charge on any atom is -0.464 e. The van der Waals surface area contributed by atoms with Gasteiger partial charge >= 0.3 is 5.97 Å².